The Morgan fingerprint density at radius 3 is 2.75 bits per heavy atom. The van der Waals surface area contributed by atoms with E-state index >= 15 is 0 Å². The second-order valence-electron chi connectivity index (χ2n) is 6.13. The van der Waals surface area contributed by atoms with Crippen molar-refractivity contribution in [3.8, 4) is 10.6 Å². The first-order chi connectivity index (χ1) is 11.8. The van der Waals surface area contributed by atoms with E-state index in [0.717, 1.165) is 35.2 Å². The molecule has 4 rings (SSSR count). The summed E-state index contributed by atoms with van der Waals surface area (Å²) in [6.45, 7) is 2.34. The molecule has 7 heteroatoms. The lowest BCUT2D eigenvalue weighted by Gasteiger charge is -2.24. The predicted octanol–water partition coefficient (Wildman–Crippen LogP) is 2.77. The van der Waals surface area contributed by atoms with Gasteiger partial charge in [0.05, 0.1) is 5.69 Å². The van der Waals surface area contributed by atoms with Crippen LogP contribution in [0.3, 0.4) is 0 Å². The Bertz CT molecular complexity index is 740. The zero-order valence-electron chi connectivity index (χ0n) is 13.4. The van der Waals surface area contributed by atoms with E-state index in [1.807, 2.05) is 18.3 Å². The number of anilines is 1. The minimum absolute atomic E-state index is 0.0979. The van der Waals surface area contributed by atoms with Gasteiger partial charge in [-0.1, -0.05) is 0 Å². The summed E-state index contributed by atoms with van der Waals surface area (Å²) in [5, 5.41) is 0.816. The Labute approximate surface area is 144 Å². The lowest BCUT2D eigenvalue weighted by molar-refractivity contribution is 0.0733. The van der Waals surface area contributed by atoms with E-state index in [-0.39, 0.29) is 12.5 Å². The number of halogens is 1. The van der Waals surface area contributed by atoms with Crippen molar-refractivity contribution in [2.24, 2.45) is 0 Å². The predicted molar refractivity (Wildman–Crippen MR) is 92.4 cm³/mol. The Kier molecular flexibility index (Phi) is 4.18. The number of hydrogen-bond donors (Lipinski definition) is 0. The highest BCUT2D eigenvalue weighted by molar-refractivity contribution is 7.17. The lowest BCUT2D eigenvalue weighted by Crippen LogP contribution is -2.38. The Morgan fingerprint density at radius 1 is 1.21 bits per heavy atom. The van der Waals surface area contributed by atoms with Crippen LogP contribution >= 0.6 is 11.3 Å². The zero-order valence-corrected chi connectivity index (χ0v) is 14.2. The molecule has 2 aromatic rings. The fraction of sp³-hybridized carbons (Fsp3) is 0.471. The highest BCUT2D eigenvalue weighted by atomic mass is 32.1. The molecule has 2 aliphatic rings. The van der Waals surface area contributed by atoms with Crippen molar-refractivity contribution >= 4 is 23.1 Å². The molecule has 0 aliphatic carbocycles. The summed E-state index contributed by atoms with van der Waals surface area (Å²) in [4.78, 5) is 26.1. The summed E-state index contributed by atoms with van der Waals surface area (Å²) in [7, 11) is 0. The van der Waals surface area contributed by atoms with Gasteiger partial charge in [-0.25, -0.2) is 14.4 Å². The molecule has 0 spiro atoms. The Morgan fingerprint density at radius 2 is 2.04 bits per heavy atom. The second kappa shape index (κ2) is 6.47. The second-order valence-corrected chi connectivity index (χ2v) is 7.12. The van der Waals surface area contributed by atoms with Crippen LogP contribution in [0.5, 0.6) is 0 Å². The third-order valence-corrected chi connectivity index (χ3v) is 5.71. The number of carbonyl (C=O) groups excluding carboxylic acids is 1. The quantitative estimate of drug-likeness (QED) is 0.854. The number of fused-ring (bicyclic) bond motifs is 1. The number of thiazole rings is 1. The molecule has 0 aromatic carbocycles. The van der Waals surface area contributed by atoms with Crippen LogP contribution in [-0.4, -0.2) is 53.6 Å². The fourth-order valence-electron chi connectivity index (χ4n) is 3.26. The van der Waals surface area contributed by atoms with Crippen molar-refractivity contribution in [2.75, 3.05) is 37.8 Å². The van der Waals surface area contributed by atoms with Crippen molar-refractivity contribution < 1.29 is 9.18 Å². The average Bonchev–Trinajstić information content (AvgIpc) is 3.27. The first-order valence-corrected chi connectivity index (χ1v) is 9.14. The van der Waals surface area contributed by atoms with Crippen molar-refractivity contribution in [3.05, 3.63) is 28.9 Å². The standard InChI is InChI=1S/C17H19FN4OS/c18-6-10-22-9-5-13-15(17(22)23)24-16(20-13)12-3-4-14(19-11-12)21-7-1-2-8-21/h3-4,11H,1-2,5-10H2. The Balaban J connectivity index is 1.57. The molecule has 126 valence electrons. The molecule has 1 amide bonds. The van der Waals surface area contributed by atoms with E-state index < -0.39 is 6.67 Å². The summed E-state index contributed by atoms with van der Waals surface area (Å²) >= 11 is 1.39. The van der Waals surface area contributed by atoms with Crippen LogP contribution in [-0.2, 0) is 6.42 Å². The number of alkyl halides is 1. The van der Waals surface area contributed by atoms with E-state index in [1.165, 1.54) is 24.2 Å². The minimum atomic E-state index is -0.505. The molecule has 0 saturated carbocycles. The number of carbonyl (C=O) groups is 1. The van der Waals surface area contributed by atoms with Gasteiger partial charge in [0.2, 0.25) is 0 Å². The van der Waals surface area contributed by atoms with Crippen molar-refractivity contribution in [1.82, 2.24) is 14.9 Å². The summed E-state index contributed by atoms with van der Waals surface area (Å²) in [5.74, 6) is 0.905. The van der Waals surface area contributed by atoms with E-state index in [2.05, 4.69) is 14.9 Å². The number of pyridine rings is 1. The minimum Gasteiger partial charge on any atom is -0.357 e. The lowest BCUT2D eigenvalue weighted by atomic mass is 10.1. The number of amides is 1. The third kappa shape index (κ3) is 2.77. The summed E-state index contributed by atoms with van der Waals surface area (Å²) in [6.07, 6.45) is 4.97. The van der Waals surface area contributed by atoms with Gasteiger partial charge in [-0.15, -0.1) is 11.3 Å². The maximum absolute atomic E-state index is 12.5. The highest BCUT2D eigenvalue weighted by Crippen LogP contribution is 2.32. The number of rotatable bonds is 4. The monoisotopic (exact) mass is 346 g/mol. The van der Waals surface area contributed by atoms with Crippen LogP contribution in [0.15, 0.2) is 18.3 Å². The first-order valence-electron chi connectivity index (χ1n) is 8.32. The Hall–Kier alpha value is -2.02. The molecular weight excluding hydrogens is 327 g/mol. The van der Waals surface area contributed by atoms with Gasteiger partial charge in [0.15, 0.2) is 0 Å². The van der Waals surface area contributed by atoms with Gasteiger partial charge in [-0.05, 0) is 25.0 Å². The molecule has 5 nitrogen and oxygen atoms in total. The molecule has 0 unspecified atom stereocenters. The van der Waals surface area contributed by atoms with Gasteiger partial charge in [0.25, 0.3) is 5.91 Å². The maximum Gasteiger partial charge on any atom is 0.265 e. The van der Waals surface area contributed by atoms with Gasteiger partial charge in [0, 0.05) is 44.4 Å². The van der Waals surface area contributed by atoms with Crippen LogP contribution in [0, 0.1) is 0 Å². The maximum atomic E-state index is 12.5. The first kappa shape index (κ1) is 15.5. The smallest absolute Gasteiger partial charge is 0.265 e. The number of aromatic nitrogens is 2. The highest BCUT2D eigenvalue weighted by Gasteiger charge is 2.28. The van der Waals surface area contributed by atoms with Crippen LogP contribution < -0.4 is 4.90 Å². The molecule has 2 aliphatic heterocycles. The van der Waals surface area contributed by atoms with Gasteiger partial charge in [-0.3, -0.25) is 4.79 Å². The van der Waals surface area contributed by atoms with Crippen LogP contribution in [0.2, 0.25) is 0 Å². The molecule has 4 heterocycles. The normalized spacial score (nSPS) is 17.5. The van der Waals surface area contributed by atoms with Crippen LogP contribution in [0.25, 0.3) is 10.6 Å². The van der Waals surface area contributed by atoms with Crippen LogP contribution in [0.4, 0.5) is 10.2 Å². The summed E-state index contributed by atoms with van der Waals surface area (Å²) < 4.78 is 12.5. The third-order valence-electron chi connectivity index (χ3n) is 4.58. The SMILES string of the molecule is O=C1c2sc(-c3ccc(N4CCCC4)nc3)nc2CCN1CCF. The molecule has 0 radical (unpaired) electrons. The van der Waals surface area contributed by atoms with Crippen molar-refractivity contribution in [1.29, 1.82) is 0 Å². The fourth-order valence-corrected chi connectivity index (χ4v) is 4.33. The molecule has 0 bridgehead atoms. The van der Waals surface area contributed by atoms with Gasteiger partial charge >= 0.3 is 0 Å². The molecule has 0 N–H and O–H groups in total. The van der Waals surface area contributed by atoms with Gasteiger partial charge in [-0.2, -0.15) is 0 Å². The topological polar surface area (TPSA) is 49.3 Å². The van der Waals surface area contributed by atoms with Crippen molar-refractivity contribution in [2.45, 2.75) is 19.3 Å². The van der Waals surface area contributed by atoms with Crippen molar-refractivity contribution in [3.63, 3.8) is 0 Å². The summed E-state index contributed by atoms with van der Waals surface area (Å²) in [5.41, 5.74) is 1.76. The van der Waals surface area contributed by atoms with Crippen LogP contribution in [0.1, 0.15) is 28.2 Å². The van der Waals surface area contributed by atoms with E-state index in [4.69, 9.17) is 0 Å². The molecule has 24 heavy (non-hydrogen) atoms. The molecular formula is C17H19FN4OS. The largest absolute Gasteiger partial charge is 0.357 e. The van der Waals surface area contributed by atoms with Gasteiger partial charge in [0.1, 0.15) is 22.4 Å². The summed E-state index contributed by atoms with van der Waals surface area (Å²) in [6, 6.07) is 4.05. The van der Waals surface area contributed by atoms with E-state index in [1.54, 1.807) is 4.90 Å². The molecule has 1 saturated heterocycles. The van der Waals surface area contributed by atoms with E-state index in [9.17, 15) is 9.18 Å². The average molecular weight is 346 g/mol. The zero-order chi connectivity index (χ0) is 16.5. The molecule has 0 atom stereocenters. The molecule has 1 fully saturated rings. The number of hydrogen-bond acceptors (Lipinski definition) is 5. The van der Waals surface area contributed by atoms with E-state index in [0.29, 0.717) is 17.8 Å². The molecule has 2 aromatic heterocycles. The van der Waals surface area contributed by atoms with Gasteiger partial charge < -0.3 is 9.80 Å². The number of nitrogens with zero attached hydrogens (tertiary/aromatic N) is 4.